The molecular weight excluding hydrogens is 270 g/mol. The van der Waals surface area contributed by atoms with E-state index in [1.54, 1.807) is 10.6 Å². The smallest absolute Gasteiger partial charge is 0.256 e. The zero-order valence-electron chi connectivity index (χ0n) is 11.8. The lowest BCUT2D eigenvalue weighted by atomic mass is 10.1. The summed E-state index contributed by atoms with van der Waals surface area (Å²) in [5.41, 5.74) is 1.94. The van der Waals surface area contributed by atoms with Crippen LogP contribution in [0.1, 0.15) is 12.5 Å². The van der Waals surface area contributed by atoms with E-state index in [9.17, 15) is 9.90 Å². The van der Waals surface area contributed by atoms with Crippen molar-refractivity contribution in [1.29, 1.82) is 0 Å². The largest absolute Gasteiger partial charge is 0.486 e. The first-order chi connectivity index (χ1) is 10.2. The van der Waals surface area contributed by atoms with Gasteiger partial charge in [-0.1, -0.05) is 0 Å². The van der Waals surface area contributed by atoms with E-state index in [0.717, 1.165) is 17.0 Å². The van der Waals surface area contributed by atoms with Gasteiger partial charge in [-0.15, -0.1) is 0 Å². The summed E-state index contributed by atoms with van der Waals surface area (Å²) >= 11 is 0. The summed E-state index contributed by atoms with van der Waals surface area (Å²) in [7, 11) is 0. The molecule has 0 aliphatic carbocycles. The Morgan fingerprint density at radius 2 is 1.90 bits per heavy atom. The number of nitrogens with zero attached hydrogens (tertiary/aromatic N) is 1. The Hall–Kier alpha value is -2.27. The zero-order valence-corrected chi connectivity index (χ0v) is 11.8. The van der Waals surface area contributed by atoms with E-state index in [4.69, 9.17) is 9.47 Å². The molecule has 0 saturated carbocycles. The molecule has 21 heavy (non-hydrogen) atoms. The van der Waals surface area contributed by atoms with E-state index in [0.29, 0.717) is 31.1 Å². The molecule has 1 aromatic heterocycles. The fourth-order valence-corrected chi connectivity index (χ4v) is 2.51. The van der Waals surface area contributed by atoms with Crippen molar-refractivity contribution in [2.75, 3.05) is 13.2 Å². The van der Waals surface area contributed by atoms with Crippen LogP contribution < -0.4 is 15.0 Å². The second-order valence-corrected chi connectivity index (χ2v) is 4.81. The van der Waals surface area contributed by atoms with Crippen LogP contribution >= 0.6 is 0 Å². The normalized spacial score (nSPS) is 13.2. The number of rotatable bonds is 3. The standard InChI is InChI=1S/C16H17NO4/c1-2-17-13(5-3-12(10-18)16(17)19)11-4-6-14-15(9-11)21-8-7-20-14/h3-6,9,18H,2,7-8,10H2,1H3. The Morgan fingerprint density at radius 1 is 1.14 bits per heavy atom. The summed E-state index contributed by atoms with van der Waals surface area (Å²) in [6.07, 6.45) is 0. The monoisotopic (exact) mass is 287 g/mol. The van der Waals surface area contributed by atoms with Gasteiger partial charge in [0, 0.05) is 17.7 Å². The van der Waals surface area contributed by atoms with E-state index < -0.39 is 0 Å². The zero-order chi connectivity index (χ0) is 14.8. The van der Waals surface area contributed by atoms with E-state index in [1.165, 1.54) is 0 Å². The maximum Gasteiger partial charge on any atom is 0.256 e. The average molecular weight is 287 g/mol. The quantitative estimate of drug-likeness (QED) is 0.935. The first-order valence-electron chi connectivity index (χ1n) is 6.98. The summed E-state index contributed by atoms with van der Waals surface area (Å²) in [6.45, 7) is 3.28. The second-order valence-electron chi connectivity index (χ2n) is 4.81. The van der Waals surface area contributed by atoms with Gasteiger partial charge >= 0.3 is 0 Å². The summed E-state index contributed by atoms with van der Waals surface area (Å²) in [6, 6.07) is 9.16. The molecule has 2 aromatic rings. The Morgan fingerprint density at radius 3 is 2.62 bits per heavy atom. The highest BCUT2D eigenvalue weighted by atomic mass is 16.6. The van der Waals surface area contributed by atoms with Crippen LogP contribution in [0.3, 0.4) is 0 Å². The maximum atomic E-state index is 12.3. The average Bonchev–Trinajstić information content (AvgIpc) is 2.54. The number of benzene rings is 1. The predicted molar refractivity (Wildman–Crippen MR) is 78.7 cm³/mol. The number of pyridine rings is 1. The van der Waals surface area contributed by atoms with Crippen LogP contribution in [0, 0.1) is 0 Å². The molecular formula is C16H17NO4. The molecule has 3 rings (SSSR count). The fraction of sp³-hybridized carbons (Fsp3) is 0.312. The highest BCUT2D eigenvalue weighted by Crippen LogP contribution is 2.34. The number of aromatic nitrogens is 1. The number of aliphatic hydroxyl groups is 1. The molecule has 5 heteroatoms. The van der Waals surface area contributed by atoms with Crippen molar-refractivity contribution in [3.63, 3.8) is 0 Å². The van der Waals surface area contributed by atoms with Crippen molar-refractivity contribution in [3.8, 4) is 22.8 Å². The Labute approximate surface area is 122 Å². The first-order valence-corrected chi connectivity index (χ1v) is 6.98. The molecule has 1 N–H and O–H groups in total. The van der Waals surface area contributed by atoms with Gasteiger partial charge < -0.3 is 19.1 Å². The van der Waals surface area contributed by atoms with Crippen LogP contribution in [0.25, 0.3) is 11.3 Å². The minimum atomic E-state index is -0.250. The van der Waals surface area contributed by atoms with E-state index >= 15 is 0 Å². The van der Waals surface area contributed by atoms with E-state index in [2.05, 4.69) is 0 Å². The minimum absolute atomic E-state index is 0.160. The molecule has 0 bridgehead atoms. The molecule has 1 aliphatic rings. The van der Waals surface area contributed by atoms with Gasteiger partial charge in [0.2, 0.25) is 0 Å². The van der Waals surface area contributed by atoms with Crippen LogP contribution in [0.5, 0.6) is 11.5 Å². The molecule has 2 heterocycles. The Balaban J connectivity index is 2.12. The summed E-state index contributed by atoms with van der Waals surface area (Å²) in [5, 5.41) is 9.21. The second kappa shape index (κ2) is 5.61. The third-order valence-electron chi connectivity index (χ3n) is 3.58. The highest BCUT2D eigenvalue weighted by Gasteiger charge is 2.15. The molecule has 0 amide bonds. The van der Waals surface area contributed by atoms with Gasteiger partial charge in [-0.25, -0.2) is 0 Å². The number of ether oxygens (including phenoxy) is 2. The van der Waals surface area contributed by atoms with Crippen molar-refractivity contribution >= 4 is 0 Å². The van der Waals surface area contributed by atoms with Gasteiger partial charge in [0.05, 0.1) is 12.3 Å². The number of hydrogen-bond donors (Lipinski definition) is 1. The lowest BCUT2D eigenvalue weighted by Gasteiger charge is -2.20. The van der Waals surface area contributed by atoms with Crippen LogP contribution in [0.15, 0.2) is 35.1 Å². The maximum absolute atomic E-state index is 12.3. The number of aliphatic hydroxyl groups excluding tert-OH is 1. The number of fused-ring (bicyclic) bond motifs is 1. The van der Waals surface area contributed by atoms with Crippen molar-refractivity contribution in [2.45, 2.75) is 20.1 Å². The molecule has 1 aromatic carbocycles. The van der Waals surface area contributed by atoms with E-state index in [-0.39, 0.29) is 12.2 Å². The molecule has 0 radical (unpaired) electrons. The van der Waals surface area contributed by atoms with Gasteiger partial charge in [0.25, 0.3) is 5.56 Å². The third-order valence-corrected chi connectivity index (χ3v) is 3.58. The van der Waals surface area contributed by atoms with Crippen molar-refractivity contribution < 1.29 is 14.6 Å². The van der Waals surface area contributed by atoms with Gasteiger partial charge in [-0.05, 0) is 37.3 Å². The van der Waals surface area contributed by atoms with Crippen LogP contribution in [-0.2, 0) is 13.2 Å². The molecule has 0 atom stereocenters. The Bertz CT molecular complexity index is 721. The molecule has 1 aliphatic heterocycles. The highest BCUT2D eigenvalue weighted by molar-refractivity contribution is 5.64. The molecule has 0 spiro atoms. The molecule has 5 nitrogen and oxygen atoms in total. The summed E-state index contributed by atoms with van der Waals surface area (Å²) in [5.74, 6) is 1.42. The van der Waals surface area contributed by atoms with Crippen molar-refractivity contribution in [2.24, 2.45) is 0 Å². The third kappa shape index (κ3) is 2.40. The lowest BCUT2D eigenvalue weighted by Crippen LogP contribution is -2.24. The molecule has 0 unspecified atom stereocenters. The van der Waals surface area contributed by atoms with E-state index in [1.807, 2.05) is 31.2 Å². The van der Waals surface area contributed by atoms with Crippen molar-refractivity contribution in [1.82, 2.24) is 4.57 Å². The van der Waals surface area contributed by atoms with Crippen molar-refractivity contribution in [3.05, 3.63) is 46.2 Å². The fourth-order valence-electron chi connectivity index (χ4n) is 2.51. The number of hydrogen-bond acceptors (Lipinski definition) is 4. The minimum Gasteiger partial charge on any atom is -0.486 e. The van der Waals surface area contributed by atoms with Gasteiger partial charge in [-0.2, -0.15) is 0 Å². The summed E-state index contributed by atoms with van der Waals surface area (Å²) < 4.78 is 12.7. The SMILES string of the molecule is CCn1c(-c2ccc3c(c2)OCCO3)ccc(CO)c1=O. The molecule has 0 saturated heterocycles. The Kier molecular flexibility index (Phi) is 3.66. The summed E-state index contributed by atoms with van der Waals surface area (Å²) in [4.78, 5) is 12.3. The van der Waals surface area contributed by atoms with Gasteiger partial charge in [-0.3, -0.25) is 4.79 Å². The predicted octanol–water partition coefficient (Wildman–Crippen LogP) is 1.80. The lowest BCUT2D eigenvalue weighted by molar-refractivity contribution is 0.171. The molecule has 110 valence electrons. The first kappa shape index (κ1) is 13.7. The van der Waals surface area contributed by atoms with Crippen LogP contribution in [0.2, 0.25) is 0 Å². The topological polar surface area (TPSA) is 60.7 Å². The molecule has 0 fully saturated rings. The van der Waals surface area contributed by atoms with Gasteiger partial charge in [0.15, 0.2) is 11.5 Å². The van der Waals surface area contributed by atoms with Crippen LogP contribution in [0.4, 0.5) is 0 Å². The van der Waals surface area contributed by atoms with Gasteiger partial charge in [0.1, 0.15) is 13.2 Å². The van der Waals surface area contributed by atoms with Crippen LogP contribution in [-0.4, -0.2) is 22.9 Å².